The van der Waals surface area contributed by atoms with E-state index in [1.54, 1.807) is 7.11 Å². The smallest absolute Gasteiger partial charge is 0.118 e. The number of hydrogen-bond donors (Lipinski definition) is 1. The van der Waals surface area contributed by atoms with Gasteiger partial charge in [-0.2, -0.15) is 0 Å². The molecule has 0 aliphatic carbocycles. The van der Waals surface area contributed by atoms with Crippen LogP contribution in [-0.2, 0) is 6.54 Å². The van der Waals surface area contributed by atoms with Gasteiger partial charge >= 0.3 is 0 Å². The van der Waals surface area contributed by atoms with E-state index in [9.17, 15) is 5.11 Å². The zero-order chi connectivity index (χ0) is 13.0. The number of hydrogen-bond acceptors (Lipinski definition) is 3. The molecule has 3 nitrogen and oxygen atoms in total. The minimum Gasteiger partial charge on any atom is -0.497 e. The summed E-state index contributed by atoms with van der Waals surface area (Å²) >= 11 is 0. The van der Waals surface area contributed by atoms with Gasteiger partial charge in [0.15, 0.2) is 0 Å². The van der Waals surface area contributed by atoms with Crippen LogP contribution in [0.2, 0.25) is 0 Å². The van der Waals surface area contributed by atoms with E-state index in [1.807, 2.05) is 19.1 Å². The predicted molar refractivity (Wildman–Crippen MR) is 72.7 cm³/mol. The van der Waals surface area contributed by atoms with Crippen LogP contribution in [0.3, 0.4) is 0 Å². The summed E-state index contributed by atoms with van der Waals surface area (Å²) in [5.41, 5.74) is 2.41. The second-order valence-electron chi connectivity index (χ2n) is 4.80. The van der Waals surface area contributed by atoms with Crippen molar-refractivity contribution in [3.63, 3.8) is 0 Å². The van der Waals surface area contributed by atoms with E-state index in [0.717, 1.165) is 37.4 Å². The number of methoxy groups -OCH3 is 1. The molecule has 18 heavy (non-hydrogen) atoms. The fraction of sp³-hybridized carbons (Fsp3) is 0.467. The average molecular weight is 247 g/mol. The molecule has 0 bridgehead atoms. The fourth-order valence-corrected chi connectivity index (χ4v) is 2.26. The van der Waals surface area contributed by atoms with Gasteiger partial charge in [-0.05, 0) is 36.6 Å². The normalized spacial score (nSPS) is 18.3. The molecular weight excluding hydrogens is 226 g/mol. The number of rotatable bonds is 4. The SMILES string of the molecule is COc1ccc(CN2CCC=C([C@@H](C)O)C2)cc1. The first-order valence-electron chi connectivity index (χ1n) is 6.41. The Morgan fingerprint density at radius 1 is 1.33 bits per heavy atom. The Morgan fingerprint density at radius 3 is 2.67 bits per heavy atom. The van der Waals surface area contributed by atoms with Crippen molar-refractivity contribution in [1.82, 2.24) is 4.90 Å². The molecule has 2 rings (SSSR count). The first kappa shape index (κ1) is 13.1. The third-order valence-corrected chi connectivity index (χ3v) is 3.36. The Kier molecular flexibility index (Phi) is 4.39. The van der Waals surface area contributed by atoms with Gasteiger partial charge < -0.3 is 9.84 Å². The largest absolute Gasteiger partial charge is 0.497 e. The summed E-state index contributed by atoms with van der Waals surface area (Å²) in [6, 6.07) is 8.17. The molecule has 0 unspecified atom stereocenters. The van der Waals surface area contributed by atoms with Gasteiger partial charge in [0.1, 0.15) is 5.75 Å². The van der Waals surface area contributed by atoms with Crippen LogP contribution in [0, 0.1) is 0 Å². The highest BCUT2D eigenvalue weighted by molar-refractivity contribution is 5.27. The van der Waals surface area contributed by atoms with E-state index in [2.05, 4.69) is 23.1 Å². The highest BCUT2D eigenvalue weighted by atomic mass is 16.5. The summed E-state index contributed by atoms with van der Waals surface area (Å²) in [5.74, 6) is 0.891. The molecule has 1 atom stereocenters. The Labute approximate surface area is 109 Å². The van der Waals surface area contributed by atoms with Gasteiger partial charge in [0.25, 0.3) is 0 Å². The van der Waals surface area contributed by atoms with Crippen LogP contribution in [0.4, 0.5) is 0 Å². The number of ether oxygens (including phenoxy) is 1. The van der Waals surface area contributed by atoms with Crippen LogP contribution in [0.5, 0.6) is 5.75 Å². The zero-order valence-electron chi connectivity index (χ0n) is 11.1. The first-order valence-corrected chi connectivity index (χ1v) is 6.41. The van der Waals surface area contributed by atoms with Crippen LogP contribution in [0.25, 0.3) is 0 Å². The highest BCUT2D eigenvalue weighted by Gasteiger charge is 2.15. The van der Waals surface area contributed by atoms with E-state index >= 15 is 0 Å². The molecule has 3 heteroatoms. The van der Waals surface area contributed by atoms with Crippen LogP contribution in [0.15, 0.2) is 35.9 Å². The van der Waals surface area contributed by atoms with Crippen LogP contribution >= 0.6 is 0 Å². The number of aliphatic hydroxyl groups excluding tert-OH is 1. The molecule has 1 aliphatic heterocycles. The average Bonchev–Trinajstić information content (AvgIpc) is 2.40. The van der Waals surface area contributed by atoms with Gasteiger partial charge in [0, 0.05) is 19.6 Å². The third-order valence-electron chi connectivity index (χ3n) is 3.36. The summed E-state index contributed by atoms with van der Waals surface area (Å²) in [6.45, 7) is 4.68. The lowest BCUT2D eigenvalue weighted by molar-refractivity contribution is 0.197. The molecule has 1 heterocycles. The van der Waals surface area contributed by atoms with E-state index in [0.29, 0.717) is 0 Å². The Morgan fingerprint density at radius 2 is 2.06 bits per heavy atom. The van der Waals surface area contributed by atoms with E-state index < -0.39 is 0 Å². The lowest BCUT2D eigenvalue weighted by Gasteiger charge is -2.28. The van der Waals surface area contributed by atoms with Gasteiger partial charge in [-0.3, -0.25) is 4.90 Å². The molecule has 1 aromatic carbocycles. The van der Waals surface area contributed by atoms with Gasteiger partial charge in [0.05, 0.1) is 13.2 Å². The molecule has 0 spiro atoms. The minimum atomic E-state index is -0.330. The molecule has 1 aliphatic rings. The Balaban J connectivity index is 1.95. The van der Waals surface area contributed by atoms with E-state index in [-0.39, 0.29) is 6.10 Å². The van der Waals surface area contributed by atoms with Crippen molar-refractivity contribution >= 4 is 0 Å². The third kappa shape index (κ3) is 3.34. The van der Waals surface area contributed by atoms with Crippen molar-refractivity contribution in [2.45, 2.75) is 26.0 Å². The van der Waals surface area contributed by atoms with Crippen LogP contribution < -0.4 is 4.74 Å². The Bertz CT molecular complexity index is 409. The number of benzene rings is 1. The standard InChI is InChI=1S/C15H21NO2/c1-12(17)14-4-3-9-16(11-14)10-13-5-7-15(18-2)8-6-13/h4-8,12,17H,3,9-11H2,1-2H3/t12-/m1/s1. The molecule has 0 saturated carbocycles. The summed E-state index contributed by atoms with van der Waals surface area (Å²) in [7, 11) is 1.68. The molecule has 0 amide bonds. The molecule has 0 aromatic heterocycles. The van der Waals surface area contributed by atoms with Crippen molar-refractivity contribution < 1.29 is 9.84 Å². The molecule has 0 fully saturated rings. The van der Waals surface area contributed by atoms with Crippen molar-refractivity contribution in [2.75, 3.05) is 20.2 Å². The van der Waals surface area contributed by atoms with Crippen molar-refractivity contribution in [1.29, 1.82) is 0 Å². The number of nitrogens with zero attached hydrogens (tertiary/aromatic N) is 1. The van der Waals surface area contributed by atoms with Crippen LogP contribution in [-0.4, -0.2) is 36.3 Å². The van der Waals surface area contributed by atoms with Crippen LogP contribution in [0.1, 0.15) is 18.9 Å². The van der Waals surface area contributed by atoms with E-state index in [4.69, 9.17) is 4.74 Å². The summed E-state index contributed by atoms with van der Waals surface area (Å²) < 4.78 is 5.15. The van der Waals surface area contributed by atoms with Gasteiger partial charge in [-0.1, -0.05) is 18.2 Å². The molecule has 98 valence electrons. The second-order valence-corrected chi connectivity index (χ2v) is 4.80. The number of aliphatic hydroxyl groups is 1. The van der Waals surface area contributed by atoms with Gasteiger partial charge in [-0.25, -0.2) is 0 Å². The van der Waals surface area contributed by atoms with Crippen molar-refractivity contribution in [2.24, 2.45) is 0 Å². The quantitative estimate of drug-likeness (QED) is 0.828. The molecule has 0 radical (unpaired) electrons. The first-order chi connectivity index (χ1) is 8.69. The summed E-state index contributed by atoms with van der Waals surface area (Å²) in [6.07, 6.45) is 2.86. The Hall–Kier alpha value is -1.32. The minimum absolute atomic E-state index is 0.330. The maximum Gasteiger partial charge on any atom is 0.118 e. The summed E-state index contributed by atoms with van der Waals surface area (Å²) in [5, 5.41) is 9.62. The fourth-order valence-electron chi connectivity index (χ4n) is 2.26. The molecule has 0 saturated heterocycles. The maximum atomic E-state index is 9.62. The molecular formula is C15H21NO2. The zero-order valence-corrected chi connectivity index (χ0v) is 11.1. The van der Waals surface area contributed by atoms with Crippen molar-refractivity contribution in [3.05, 3.63) is 41.5 Å². The summed E-state index contributed by atoms with van der Waals surface area (Å²) in [4.78, 5) is 2.36. The van der Waals surface area contributed by atoms with E-state index in [1.165, 1.54) is 5.56 Å². The topological polar surface area (TPSA) is 32.7 Å². The van der Waals surface area contributed by atoms with Gasteiger partial charge in [-0.15, -0.1) is 0 Å². The lowest BCUT2D eigenvalue weighted by Crippen LogP contribution is -2.32. The van der Waals surface area contributed by atoms with Crippen molar-refractivity contribution in [3.8, 4) is 5.75 Å². The second kappa shape index (κ2) is 6.03. The predicted octanol–water partition coefficient (Wildman–Crippen LogP) is 2.21. The molecule has 1 N–H and O–H groups in total. The maximum absolute atomic E-state index is 9.62. The van der Waals surface area contributed by atoms with Gasteiger partial charge in [0.2, 0.25) is 0 Å². The lowest BCUT2D eigenvalue weighted by atomic mass is 10.0. The molecule has 1 aromatic rings. The highest BCUT2D eigenvalue weighted by Crippen LogP contribution is 2.17. The monoisotopic (exact) mass is 247 g/mol.